The van der Waals surface area contributed by atoms with Gasteiger partial charge in [0.15, 0.2) is 0 Å². The van der Waals surface area contributed by atoms with Crippen LogP contribution in [0.1, 0.15) is 24.1 Å². The third kappa shape index (κ3) is 3.09. The van der Waals surface area contributed by atoms with Crippen molar-refractivity contribution in [2.45, 2.75) is 13.0 Å². The van der Waals surface area contributed by atoms with Crippen molar-refractivity contribution in [2.75, 3.05) is 18.5 Å². The Kier molecular flexibility index (Phi) is 4.46. The molecule has 0 aromatic heterocycles. The molecule has 0 saturated heterocycles. The Hall–Kier alpha value is -1.51. The first-order chi connectivity index (χ1) is 9.13. The molecule has 2 aromatic rings. The molecule has 1 unspecified atom stereocenters. The molecule has 2 rings (SSSR count). The summed E-state index contributed by atoms with van der Waals surface area (Å²) in [4.78, 5) is 2.18. The summed E-state index contributed by atoms with van der Waals surface area (Å²) in [6, 6.07) is 15.8. The first-order valence-electron chi connectivity index (χ1n) is 6.44. The zero-order valence-electron chi connectivity index (χ0n) is 11.3. The highest BCUT2D eigenvalue weighted by Gasteiger charge is 2.15. The minimum Gasteiger partial charge on any atom is -0.375 e. The van der Waals surface area contributed by atoms with Crippen LogP contribution in [0.4, 0.5) is 5.69 Å². The van der Waals surface area contributed by atoms with E-state index in [0.717, 1.165) is 28.4 Å². The van der Waals surface area contributed by atoms with E-state index in [1.807, 2.05) is 48.5 Å². The van der Waals surface area contributed by atoms with E-state index in [0.29, 0.717) is 0 Å². The first-order valence-corrected chi connectivity index (χ1v) is 6.82. The summed E-state index contributed by atoms with van der Waals surface area (Å²) < 4.78 is 0. The van der Waals surface area contributed by atoms with Crippen LogP contribution >= 0.6 is 11.6 Å². The van der Waals surface area contributed by atoms with Crippen LogP contribution in [0.5, 0.6) is 0 Å². The molecule has 0 saturated carbocycles. The summed E-state index contributed by atoms with van der Waals surface area (Å²) in [7, 11) is 2.06. The van der Waals surface area contributed by atoms with Crippen molar-refractivity contribution in [2.24, 2.45) is 5.73 Å². The van der Waals surface area contributed by atoms with E-state index in [4.69, 9.17) is 17.3 Å². The minimum absolute atomic E-state index is 0.163. The molecule has 0 aliphatic carbocycles. The topological polar surface area (TPSA) is 29.3 Å². The quantitative estimate of drug-likeness (QED) is 0.918. The van der Waals surface area contributed by atoms with E-state index >= 15 is 0 Å². The highest BCUT2D eigenvalue weighted by molar-refractivity contribution is 6.30. The average molecular weight is 275 g/mol. The Bertz CT molecular complexity index is 540. The number of nitrogens with zero attached hydrogens (tertiary/aromatic N) is 1. The number of anilines is 1. The van der Waals surface area contributed by atoms with Crippen LogP contribution in [0.15, 0.2) is 48.5 Å². The predicted octanol–water partition coefficient (Wildman–Crippen LogP) is 3.84. The summed E-state index contributed by atoms with van der Waals surface area (Å²) >= 11 is 6.12. The summed E-state index contributed by atoms with van der Waals surface area (Å²) in [5.74, 6) is 0. The first kappa shape index (κ1) is 13.9. The van der Waals surface area contributed by atoms with Crippen LogP contribution < -0.4 is 10.6 Å². The lowest BCUT2D eigenvalue weighted by molar-refractivity contribution is 0.851. The molecule has 3 heteroatoms. The second kappa shape index (κ2) is 6.09. The zero-order valence-corrected chi connectivity index (χ0v) is 12.1. The Labute approximate surface area is 119 Å². The number of rotatable bonds is 4. The van der Waals surface area contributed by atoms with Crippen LogP contribution in [-0.4, -0.2) is 13.6 Å². The molecule has 0 aliphatic rings. The van der Waals surface area contributed by atoms with Crippen LogP contribution in [0.3, 0.4) is 0 Å². The van der Waals surface area contributed by atoms with Gasteiger partial charge < -0.3 is 10.6 Å². The van der Waals surface area contributed by atoms with Crippen LogP contribution in [0.25, 0.3) is 0 Å². The number of halogens is 1. The van der Waals surface area contributed by atoms with E-state index in [2.05, 4.69) is 18.9 Å². The molecule has 19 heavy (non-hydrogen) atoms. The fourth-order valence-electron chi connectivity index (χ4n) is 2.13. The SMILES string of the molecule is CCN(C)c1ccc(Cl)cc1C(N)c1ccccc1. The number of benzene rings is 2. The van der Waals surface area contributed by atoms with E-state index in [9.17, 15) is 0 Å². The molecular weight excluding hydrogens is 256 g/mol. The third-order valence-electron chi connectivity index (χ3n) is 3.37. The van der Waals surface area contributed by atoms with Gasteiger partial charge in [-0.2, -0.15) is 0 Å². The molecule has 0 radical (unpaired) electrons. The van der Waals surface area contributed by atoms with Crippen LogP contribution in [0, 0.1) is 0 Å². The van der Waals surface area contributed by atoms with Gasteiger partial charge in [-0.25, -0.2) is 0 Å². The predicted molar refractivity (Wildman–Crippen MR) is 82.9 cm³/mol. The molecule has 0 bridgehead atoms. The molecule has 0 heterocycles. The highest BCUT2D eigenvalue weighted by Crippen LogP contribution is 2.31. The van der Waals surface area contributed by atoms with Gasteiger partial charge in [-0.1, -0.05) is 41.9 Å². The van der Waals surface area contributed by atoms with Gasteiger partial charge in [0.1, 0.15) is 0 Å². The van der Waals surface area contributed by atoms with Crippen molar-refractivity contribution in [3.8, 4) is 0 Å². The summed E-state index contributed by atoms with van der Waals surface area (Å²) in [5, 5.41) is 0.717. The van der Waals surface area contributed by atoms with E-state index in [1.54, 1.807) is 0 Å². The second-order valence-corrected chi connectivity index (χ2v) is 5.04. The number of nitrogens with two attached hydrogens (primary N) is 1. The molecule has 2 nitrogen and oxygen atoms in total. The van der Waals surface area contributed by atoms with Gasteiger partial charge in [-0.15, -0.1) is 0 Å². The van der Waals surface area contributed by atoms with Gasteiger partial charge in [0.05, 0.1) is 6.04 Å². The van der Waals surface area contributed by atoms with Gasteiger partial charge in [-0.05, 0) is 36.2 Å². The maximum absolute atomic E-state index is 6.39. The lowest BCUT2D eigenvalue weighted by Gasteiger charge is -2.24. The smallest absolute Gasteiger partial charge is 0.0572 e. The highest BCUT2D eigenvalue weighted by atomic mass is 35.5. The van der Waals surface area contributed by atoms with Gasteiger partial charge >= 0.3 is 0 Å². The summed E-state index contributed by atoms with van der Waals surface area (Å²) in [5.41, 5.74) is 9.67. The van der Waals surface area contributed by atoms with Gasteiger partial charge in [-0.3, -0.25) is 0 Å². The minimum atomic E-state index is -0.163. The Morgan fingerprint density at radius 3 is 2.47 bits per heavy atom. The lowest BCUT2D eigenvalue weighted by Crippen LogP contribution is -2.21. The number of hydrogen-bond donors (Lipinski definition) is 1. The van der Waals surface area contributed by atoms with Crippen molar-refractivity contribution in [3.63, 3.8) is 0 Å². The fourth-order valence-corrected chi connectivity index (χ4v) is 2.31. The Morgan fingerprint density at radius 1 is 1.16 bits per heavy atom. The Morgan fingerprint density at radius 2 is 1.84 bits per heavy atom. The Balaban J connectivity index is 2.45. The number of hydrogen-bond acceptors (Lipinski definition) is 2. The van der Waals surface area contributed by atoms with Gasteiger partial charge in [0.2, 0.25) is 0 Å². The van der Waals surface area contributed by atoms with Crippen LogP contribution in [-0.2, 0) is 0 Å². The molecule has 100 valence electrons. The largest absolute Gasteiger partial charge is 0.375 e. The average Bonchev–Trinajstić information content (AvgIpc) is 2.46. The van der Waals surface area contributed by atoms with Gasteiger partial charge in [0.25, 0.3) is 0 Å². The molecule has 0 fully saturated rings. The van der Waals surface area contributed by atoms with E-state index in [-0.39, 0.29) is 6.04 Å². The fraction of sp³-hybridized carbons (Fsp3) is 0.250. The van der Waals surface area contributed by atoms with Gasteiger partial charge in [0, 0.05) is 24.3 Å². The molecule has 0 amide bonds. The third-order valence-corrected chi connectivity index (χ3v) is 3.60. The lowest BCUT2D eigenvalue weighted by atomic mass is 9.97. The summed E-state index contributed by atoms with van der Waals surface area (Å²) in [6.45, 7) is 3.04. The molecule has 1 atom stereocenters. The van der Waals surface area contributed by atoms with Crippen molar-refractivity contribution >= 4 is 17.3 Å². The van der Waals surface area contributed by atoms with Crippen LogP contribution in [0.2, 0.25) is 5.02 Å². The van der Waals surface area contributed by atoms with E-state index < -0.39 is 0 Å². The maximum Gasteiger partial charge on any atom is 0.0572 e. The normalized spacial score (nSPS) is 12.2. The summed E-state index contributed by atoms with van der Waals surface area (Å²) in [6.07, 6.45) is 0. The monoisotopic (exact) mass is 274 g/mol. The molecule has 0 aliphatic heterocycles. The molecule has 2 N–H and O–H groups in total. The molecular formula is C16H19ClN2. The molecule has 0 spiro atoms. The van der Waals surface area contributed by atoms with Crippen molar-refractivity contribution < 1.29 is 0 Å². The molecule has 2 aromatic carbocycles. The zero-order chi connectivity index (χ0) is 13.8. The van der Waals surface area contributed by atoms with Crippen molar-refractivity contribution in [1.29, 1.82) is 0 Å². The van der Waals surface area contributed by atoms with E-state index in [1.165, 1.54) is 0 Å². The van der Waals surface area contributed by atoms with Crippen molar-refractivity contribution in [1.82, 2.24) is 0 Å². The second-order valence-electron chi connectivity index (χ2n) is 4.61. The van der Waals surface area contributed by atoms with Crippen molar-refractivity contribution in [3.05, 3.63) is 64.7 Å². The standard InChI is InChI=1S/C16H19ClN2/c1-3-19(2)15-10-9-13(17)11-14(15)16(18)12-7-5-4-6-8-12/h4-11,16H,3,18H2,1-2H3. The maximum atomic E-state index is 6.39.